The molecule has 19 heavy (non-hydrogen) atoms. The van der Waals surface area contributed by atoms with E-state index < -0.39 is 0 Å². The molecule has 1 heterocycles. The van der Waals surface area contributed by atoms with Crippen LogP contribution in [0.15, 0.2) is 35.1 Å². The Morgan fingerprint density at radius 2 is 1.79 bits per heavy atom. The fourth-order valence-electron chi connectivity index (χ4n) is 2.51. The third kappa shape index (κ3) is 1.78. The van der Waals surface area contributed by atoms with E-state index in [9.17, 15) is 4.79 Å². The summed E-state index contributed by atoms with van der Waals surface area (Å²) in [5.74, 6) is 0.805. The minimum absolute atomic E-state index is 0.0456. The van der Waals surface area contributed by atoms with E-state index in [4.69, 9.17) is 4.74 Å². The van der Waals surface area contributed by atoms with Crippen molar-refractivity contribution < 1.29 is 4.74 Å². The molecule has 0 aliphatic rings. The van der Waals surface area contributed by atoms with Gasteiger partial charge in [-0.3, -0.25) is 4.79 Å². The number of ether oxygens (including phenoxy) is 1. The molecule has 0 atom stereocenters. The summed E-state index contributed by atoms with van der Waals surface area (Å²) in [6.07, 6.45) is 0. The highest BCUT2D eigenvalue weighted by Crippen LogP contribution is 2.28. The zero-order valence-corrected chi connectivity index (χ0v) is 11.2. The van der Waals surface area contributed by atoms with Crippen molar-refractivity contribution in [1.29, 1.82) is 0 Å². The molecule has 0 bridgehead atoms. The van der Waals surface area contributed by atoms with Gasteiger partial charge in [0.15, 0.2) is 0 Å². The maximum absolute atomic E-state index is 12.1. The molecule has 3 rings (SSSR count). The molecule has 0 unspecified atom stereocenters. The van der Waals surface area contributed by atoms with Crippen LogP contribution < -0.4 is 10.3 Å². The summed E-state index contributed by atoms with van der Waals surface area (Å²) in [5, 5.41) is 2.71. The minimum Gasteiger partial charge on any atom is -0.497 e. The third-order valence-electron chi connectivity index (χ3n) is 3.49. The summed E-state index contributed by atoms with van der Waals surface area (Å²) in [6, 6.07) is 9.78. The van der Waals surface area contributed by atoms with Crippen molar-refractivity contribution in [3.8, 4) is 5.75 Å². The predicted octanol–water partition coefficient (Wildman–Crippen LogP) is 3.31. The Labute approximate surface area is 110 Å². The molecule has 2 aromatic carbocycles. The van der Waals surface area contributed by atoms with Crippen molar-refractivity contribution in [1.82, 2.24) is 4.98 Å². The standard InChI is InChI=1S/C16H15NO2/c1-9-4-5-12-13(6-9)14-8-11(19-3)7-10(2)15(14)17-16(12)18/h4-8H,1-3H3,(H,17,18). The maximum Gasteiger partial charge on any atom is 0.256 e. The number of nitrogens with one attached hydrogen (secondary N) is 1. The zero-order chi connectivity index (χ0) is 13.6. The number of hydrogen-bond donors (Lipinski definition) is 1. The highest BCUT2D eigenvalue weighted by atomic mass is 16.5. The molecule has 0 amide bonds. The minimum atomic E-state index is -0.0456. The fourth-order valence-corrected chi connectivity index (χ4v) is 2.51. The highest BCUT2D eigenvalue weighted by molar-refractivity contribution is 6.06. The molecule has 0 radical (unpaired) electrons. The first-order valence-electron chi connectivity index (χ1n) is 6.21. The van der Waals surface area contributed by atoms with Crippen LogP contribution in [0.25, 0.3) is 21.7 Å². The summed E-state index contributed by atoms with van der Waals surface area (Å²) in [6.45, 7) is 4.00. The lowest BCUT2D eigenvalue weighted by atomic mass is 10.0. The molecule has 1 aromatic heterocycles. The van der Waals surface area contributed by atoms with Crippen LogP contribution >= 0.6 is 0 Å². The number of fused-ring (bicyclic) bond motifs is 3. The van der Waals surface area contributed by atoms with E-state index in [-0.39, 0.29) is 5.56 Å². The third-order valence-corrected chi connectivity index (χ3v) is 3.49. The SMILES string of the molecule is COc1cc(C)c2[nH]c(=O)c3ccc(C)cc3c2c1. The number of benzene rings is 2. The van der Waals surface area contributed by atoms with Gasteiger partial charge in [0.2, 0.25) is 0 Å². The van der Waals surface area contributed by atoms with Gasteiger partial charge < -0.3 is 9.72 Å². The van der Waals surface area contributed by atoms with Gasteiger partial charge in [-0.2, -0.15) is 0 Å². The van der Waals surface area contributed by atoms with E-state index in [1.807, 2.05) is 44.2 Å². The fraction of sp³-hybridized carbons (Fsp3) is 0.188. The van der Waals surface area contributed by atoms with Crippen molar-refractivity contribution in [2.24, 2.45) is 0 Å². The number of methoxy groups -OCH3 is 1. The van der Waals surface area contributed by atoms with Crippen LogP contribution in [-0.2, 0) is 0 Å². The number of aryl methyl sites for hydroxylation is 2. The molecule has 3 nitrogen and oxygen atoms in total. The number of aromatic nitrogens is 1. The number of aromatic amines is 1. The lowest BCUT2D eigenvalue weighted by molar-refractivity contribution is 0.415. The van der Waals surface area contributed by atoms with E-state index in [1.54, 1.807) is 7.11 Å². The van der Waals surface area contributed by atoms with Crippen molar-refractivity contribution in [2.45, 2.75) is 13.8 Å². The van der Waals surface area contributed by atoms with E-state index in [0.717, 1.165) is 33.2 Å². The van der Waals surface area contributed by atoms with Crippen molar-refractivity contribution in [3.63, 3.8) is 0 Å². The number of rotatable bonds is 1. The Kier molecular flexibility index (Phi) is 2.56. The second-order valence-electron chi connectivity index (χ2n) is 4.87. The molecule has 0 spiro atoms. The number of hydrogen-bond acceptors (Lipinski definition) is 2. The van der Waals surface area contributed by atoms with Crippen LogP contribution in [0, 0.1) is 13.8 Å². The van der Waals surface area contributed by atoms with Crippen LogP contribution in [0.2, 0.25) is 0 Å². The van der Waals surface area contributed by atoms with Gasteiger partial charge in [0.1, 0.15) is 5.75 Å². The number of pyridine rings is 1. The monoisotopic (exact) mass is 253 g/mol. The Balaban J connectivity index is 2.60. The molecule has 0 fully saturated rings. The second kappa shape index (κ2) is 4.12. The van der Waals surface area contributed by atoms with Gasteiger partial charge in [-0.15, -0.1) is 0 Å². The summed E-state index contributed by atoms with van der Waals surface area (Å²) in [4.78, 5) is 15.1. The lowest BCUT2D eigenvalue weighted by Crippen LogP contribution is -2.07. The first-order valence-corrected chi connectivity index (χ1v) is 6.21. The molecule has 96 valence electrons. The summed E-state index contributed by atoms with van der Waals surface area (Å²) in [5.41, 5.74) is 2.98. The van der Waals surface area contributed by atoms with Crippen LogP contribution in [0.4, 0.5) is 0 Å². The maximum atomic E-state index is 12.1. The van der Waals surface area contributed by atoms with Crippen molar-refractivity contribution in [2.75, 3.05) is 7.11 Å². The summed E-state index contributed by atoms with van der Waals surface area (Å²) < 4.78 is 5.32. The molecule has 0 aliphatic carbocycles. The molecule has 3 heteroatoms. The molecule has 0 aliphatic heterocycles. The van der Waals surface area contributed by atoms with Crippen molar-refractivity contribution in [3.05, 3.63) is 51.8 Å². The zero-order valence-electron chi connectivity index (χ0n) is 11.2. The summed E-state index contributed by atoms with van der Waals surface area (Å²) >= 11 is 0. The normalized spacial score (nSPS) is 11.1. The molecular weight excluding hydrogens is 238 g/mol. The second-order valence-corrected chi connectivity index (χ2v) is 4.87. The van der Waals surface area contributed by atoms with Crippen LogP contribution in [-0.4, -0.2) is 12.1 Å². The largest absolute Gasteiger partial charge is 0.497 e. The van der Waals surface area contributed by atoms with Gasteiger partial charge >= 0.3 is 0 Å². The predicted molar refractivity (Wildman–Crippen MR) is 78.1 cm³/mol. The first-order chi connectivity index (χ1) is 9.10. The Morgan fingerprint density at radius 1 is 1.00 bits per heavy atom. The van der Waals surface area contributed by atoms with Crippen molar-refractivity contribution >= 4 is 21.7 Å². The summed E-state index contributed by atoms with van der Waals surface area (Å²) in [7, 11) is 1.65. The Bertz CT molecular complexity index is 847. The average Bonchev–Trinajstić information content (AvgIpc) is 2.39. The van der Waals surface area contributed by atoms with Crippen LogP contribution in [0.1, 0.15) is 11.1 Å². The van der Waals surface area contributed by atoms with E-state index in [2.05, 4.69) is 4.98 Å². The molecular formula is C16H15NO2. The Hall–Kier alpha value is -2.29. The van der Waals surface area contributed by atoms with E-state index in [0.29, 0.717) is 5.39 Å². The van der Waals surface area contributed by atoms with Gasteiger partial charge in [-0.25, -0.2) is 0 Å². The topological polar surface area (TPSA) is 42.1 Å². The highest BCUT2D eigenvalue weighted by Gasteiger charge is 2.09. The van der Waals surface area contributed by atoms with Gasteiger partial charge in [0.05, 0.1) is 12.6 Å². The molecule has 0 saturated carbocycles. The van der Waals surface area contributed by atoms with Gasteiger partial charge in [0.25, 0.3) is 5.56 Å². The first kappa shape index (κ1) is 11.8. The molecule has 3 aromatic rings. The average molecular weight is 253 g/mol. The van der Waals surface area contributed by atoms with Gasteiger partial charge in [-0.1, -0.05) is 17.7 Å². The van der Waals surface area contributed by atoms with Gasteiger partial charge in [-0.05, 0) is 43.0 Å². The lowest BCUT2D eigenvalue weighted by Gasteiger charge is -2.09. The van der Waals surface area contributed by atoms with E-state index in [1.165, 1.54) is 0 Å². The molecule has 1 N–H and O–H groups in total. The molecule has 0 saturated heterocycles. The van der Waals surface area contributed by atoms with E-state index >= 15 is 0 Å². The van der Waals surface area contributed by atoms with Gasteiger partial charge in [0, 0.05) is 10.8 Å². The smallest absolute Gasteiger partial charge is 0.256 e. The van der Waals surface area contributed by atoms with Crippen LogP contribution in [0.5, 0.6) is 5.75 Å². The quantitative estimate of drug-likeness (QED) is 0.676. The van der Waals surface area contributed by atoms with Crippen LogP contribution in [0.3, 0.4) is 0 Å². The number of H-pyrrole nitrogens is 1. The Morgan fingerprint density at radius 3 is 2.53 bits per heavy atom.